The molecule has 0 aliphatic carbocycles. The SMILES string of the molecule is C=CCC(CO)OCc1ccccc1. The molecule has 1 N–H and O–H groups in total. The molecule has 0 aromatic heterocycles. The Morgan fingerprint density at radius 2 is 2.07 bits per heavy atom. The number of benzene rings is 1. The summed E-state index contributed by atoms with van der Waals surface area (Å²) in [5.41, 5.74) is 1.12. The molecule has 1 atom stereocenters. The van der Waals surface area contributed by atoms with Crippen molar-refractivity contribution in [2.75, 3.05) is 6.61 Å². The Labute approximate surface area is 84.8 Å². The first-order valence-corrected chi connectivity index (χ1v) is 4.74. The van der Waals surface area contributed by atoms with Gasteiger partial charge in [-0.3, -0.25) is 0 Å². The lowest BCUT2D eigenvalue weighted by Gasteiger charge is -2.13. The molecule has 1 unspecified atom stereocenters. The summed E-state index contributed by atoms with van der Waals surface area (Å²) in [5.74, 6) is 0. The van der Waals surface area contributed by atoms with Crippen molar-refractivity contribution in [3.8, 4) is 0 Å². The summed E-state index contributed by atoms with van der Waals surface area (Å²) in [6.07, 6.45) is 2.31. The van der Waals surface area contributed by atoms with Crippen LogP contribution in [0, 0.1) is 0 Å². The summed E-state index contributed by atoms with van der Waals surface area (Å²) in [7, 11) is 0. The first-order chi connectivity index (χ1) is 6.86. The van der Waals surface area contributed by atoms with Crippen molar-refractivity contribution in [2.24, 2.45) is 0 Å². The average Bonchev–Trinajstić information content (AvgIpc) is 2.25. The van der Waals surface area contributed by atoms with E-state index in [0.29, 0.717) is 13.0 Å². The van der Waals surface area contributed by atoms with E-state index in [1.165, 1.54) is 0 Å². The van der Waals surface area contributed by atoms with Crippen molar-refractivity contribution in [3.05, 3.63) is 48.6 Å². The van der Waals surface area contributed by atoms with Crippen molar-refractivity contribution in [1.29, 1.82) is 0 Å². The molecule has 2 nitrogen and oxygen atoms in total. The van der Waals surface area contributed by atoms with E-state index in [1.54, 1.807) is 6.08 Å². The van der Waals surface area contributed by atoms with E-state index >= 15 is 0 Å². The van der Waals surface area contributed by atoms with Crippen molar-refractivity contribution >= 4 is 0 Å². The molecule has 1 aromatic carbocycles. The van der Waals surface area contributed by atoms with Gasteiger partial charge in [-0.1, -0.05) is 36.4 Å². The first kappa shape index (κ1) is 11.0. The summed E-state index contributed by atoms with van der Waals surface area (Å²) in [4.78, 5) is 0. The molecule has 1 rings (SSSR count). The summed E-state index contributed by atoms with van der Waals surface area (Å²) in [6, 6.07) is 9.92. The molecule has 0 bridgehead atoms. The molecule has 76 valence electrons. The average molecular weight is 192 g/mol. The molecule has 0 amide bonds. The Balaban J connectivity index is 2.35. The third-order valence-electron chi connectivity index (χ3n) is 1.96. The van der Waals surface area contributed by atoms with Crippen LogP contribution in [0.1, 0.15) is 12.0 Å². The molecule has 2 heteroatoms. The molecular formula is C12H16O2. The van der Waals surface area contributed by atoms with Gasteiger partial charge in [0.25, 0.3) is 0 Å². The van der Waals surface area contributed by atoms with E-state index in [9.17, 15) is 0 Å². The van der Waals surface area contributed by atoms with E-state index in [1.807, 2.05) is 30.3 Å². The van der Waals surface area contributed by atoms with Gasteiger partial charge < -0.3 is 9.84 Å². The highest BCUT2D eigenvalue weighted by Gasteiger charge is 2.04. The lowest BCUT2D eigenvalue weighted by atomic mass is 10.2. The number of hydrogen-bond acceptors (Lipinski definition) is 2. The first-order valence-electron chi connectivity index (χ1n) is 4.74. The molecule has 0 aliphatic heterocycles. The van der Waals surface area contributed by atoms with Gasteiger partial charge >= 0.3 is 0 Å². The van der Waals surface area contributed by atoms with Crippen LogP contribution in [0.3, 0.4) is 0 Å². The Bertz CT molecular complexity index is 256. The highest BCUT2D eigenvalue weighted by Crippen LogP contribution is 2.05. The van der Waals surface area contributed by atoms with Crippen LogP contribution in [0.5, 0.6) is 0 Å². The van der Waals surface area contributed by atoms with Crippen LogP contribution in [-0.4, -0.2) is 17.8 Å². The fraction of sp³-hybridized carbons (Fsp3) is 0.333. The van der Waals surface area contributed by atoms with E-state index in [4.69, 9.17) is 9.84 Å². The van der Waals surface area contributed by atoms with Gasteiger partial charge in [0, 0.05) is 0 Å². The van der Waals surface area contributed by atoms with Crippen LogP contribution < -0.4 is 0 Å². The molecule has 0 saturated carbocycles. The second-order valence-electron chi connectivity index (χ2n) is 3.13. The predicted molar refractivity (Wildman–Crippen MR) is 56.9 cm³/mol. The molecule has 0 fully saturated rings. The largest absolute Gasteiger partial charge is 0.394 e. The number of aliphatic hydroxyl groups is 1. The second-order valence-corrected chi connectivity index (χ2v) is 3.13. The van der Waals surface area contributed by atoms with Gasteiger partial charge in [0.05, 0.1) is 19.3 Å². The topological polar surface area (TPSA) is 29.5 Å². The molecule has 0 heterocycles. The summed E-state index contributed by atoms with van der Waals surface area (Å²) in [5, 5.41) is 8.96. The van der Waals surface area contributed by atoms with Crippen LogP contribution in [0.15, 0.2) is 43.0 Å². The fourth-order valence-electron chi connectivity index (χ4n) is 1.17. The zero-order valence-electron chi connectivity index (χ0n) is 8.23. The van der Waals surface area contributed by atoms with E-state index < -0.39 is 0 Å². The predicted octanol–water partition coefficient (Wildman–Crippen LogP) is 2.14. The quantitative estimate of drug-likeness (QED) is 0.700. The zero-order chi connectivity index (χ0) is 10.2. The van der Waals surface area contributed by atoms with E-state index in [2.05, 4.69) is 6.58 Å². The van der Waals surface area contributed by atoms with Crippen LogP contribution >= 0.6 is 0 Å². The van der Waals surface area contributed by atoms with Gasteiger partial charge in [-0.15, -0.1) is 6.58 Å². The normalized spacial score (nSPS) is 12.4. The van der Waals surface area contributed by atoms with Gasteiger partial charge in [0.1, 0.15) is 0 Å². The maximum Gasteiger partial charge on any atom is 0.0844 e. The second kappa shape index (κ2) is 6.35. The summed E-state index contributed by atoms with van der Waals surface area (Å²) < 4.78 is 5.50. The van der Waals surface area contributed by atoms with Crippen molar-refractivity contribution in [3.63, 3.8) is 0 Å². The van der Waals surface area contributed by atoms with Crippen molar-refractivity contribution in [1.82, 2.24) is 0 Å². The molecule has 14 heavy (non-hydrogen) atoms. The number of rotatable bonds is 6. The minimum absolute atomic E-state index is 0.0405. The minimum atomic E-state index is -0.132. The maximum atomic E-state index is 8.96. The van der Waals surface area contributed by atoms with Crippen LogP contribution in [0.2, 0.25) is 0 Å². The maximum absolute atomic E-state index is 8.96. The van der Waals surface area contributed by atoms with Gasteiger partial charge in [-0.05, 0) is 12.0 Å². The molecule has 0 spiro atoms. The number of ether oxygens (including phenoxy) is 1. The van der Waals surface area contributed by atoms with Crippen LogP contribution in [0.25, 0.3) is 0 Å². The number of hydrogen-bond donors (Lipinski definition) is 1. The molecule has 0 radical (unpaired) electrons. The lowest BCUT2D eigenvalue weighted by molar-refractivity contribution is 0.00479. The van der Waals surface area contributed by atoms with E-state index in [0.717, 1.165) is 5.56 Å². The lowest BCUT2D eigenvalue weighted by Crippen LogP contribution is -2.16. The third kappa shape index (κ3) is 3.73. The molecular weight excluding hydrogens is 176 g/mol. The molecule has 0 aliphatic rings. The minimum Gasteiger partial charge on any atom is -0.394 e. The Kier molecular flexibility index (Phi) is 4.97. The van der Waals surface area contributed by atoms with E-state index in [-0.39, 0.29) is 12.7 Å². The zero-order valence-corrected chi connectivity index (χ0v) is 8.23. The third-order valence-corrected chi connectivity index (χ3v) is 1.96. The van der Waals surface area contributed by atoms with Gasteiger partial charge in [-0.25, -0.2) is 0 Å². The smallest absolute Gasteiger partial charge is 0.0844 e. The van der Waals surface area contributed by atoms with Gasteiger partial charge in [-0.2, -0.15) is 0 Å². The standard InChI is InChI=1S/C12H16O2/c1-2-6-12(9-13)14-10-11-7-4-3-5-8-11/h2-5,7-8,12-13H,1,6,9-10H2. The summed E-state index contributed by atoms with van der Waals surface area (Å²) >= 11 is 0. The summed E-state index contributed by atoms with van der Waals surface area (Å²) in [6.45, 7) is 4.19. The van der Waals surface area contributed by atoms with Gasteiger partial charge in [0.2, 0.25) is 0 Å². The molecule has 0 saturated heterocycles. The fourth-order valence-corrected chi connectivity index (χ4v) is 1.17. The highest BCUT2D eigenvalue weighted by atomic mass is 16.5. The Morgan fingerprint density at radius 1 is 1.36 bits per heavy atom. The van der Waals surface area contributed by atoms with Crippen molar-refractivity contribution in [2.45, 2.75) is 19.1 Å². The highest BCUT2D eigenvalue weighted by molar-refractivity contribution is 5.13. The van der Waals surface area contributed by atoms with Crippen molar-refractivity contribution < 1.29 is 9.84 Å². The van der Waals surface area contributed by atoms with Crippen LogP contribution in [-0.2, 0) is 11.3 Å². The monoisotopic (exact) mass is 192 g/mol. The Hall–Kier alpha value is -1.12. The molecule has 1 aromatic rings. The van der Waals surface area contributed by atoms with Gasteiger partial charge in [0.15, 0.2) is 0 Å². The number of aliphatic hydroxyl groups excluding tert-OH is 1. The van der Waals surface area contributed by atoms with Crippen LogP contribution in [0.4, 0.5) is 0 Å². The Morgan fingerprint density at radius 3 is 2.64 bits per heavy atom.